The molecule has 3 rings (SSSR count). The third-order valence-electron chi connectivity index (χ3n) is 4.16. The quantitative estimate of drug-likeness (QED) is 0.809. The van der Waals surface area contributed by atoms with Crippen molar-refractivity contribution in [2.75, 3.05) is 10.6 Å². The van der Waals surface area contributed by atoms with E-state index < -0.39 is 18.0 Å². The number of anilines is 2. The van der Waals surface area contributed by atoms with Crippen molar-refractivity contribution in [3.05, 3.63) is 45.8 Å². The zero-order chi connectivity index (χ0) is 18.9. The Hall–Kier alpha value is -2.35. The van der Waals surface area contributed by atoms with Crippen LogP contribution in [0, 0.1) is 6.92 Å². The van der Waals surface area contributed by atoms with Gasteiger partial charge in [-0.05, 0) is 55.9 Å². The summed E-state index contributed by atoms with van der Waals surface area (Å²) in [6.45, 7) is 1.87. The van der Waals surface area contributed by atoms with E-state index in [2.05, 4.69) is 5.32 Å². The third-order valence-corrected chi connectivity index (χ3v) is 5.37. The van der Waals surface area contributed by atoms with Crippen LogP contribution in [0.1, 0.15) is 39.2 Å². The molecule has 0 aliphatic heterocycles. The molecular formula is C18H17F3N2O2S. The molecule has 0 spiro atoms. The van der Waals surface area contributed by atoms with Crippen molar-refractivity contribution in [1.82, 2.24) is 0 Å². The maximum Gasteiger partial charge on any atom is 0.471 e. The molecule has 8 heteroatoms. The number of thiophene rings is 1. The van der Waals surface area contributed by atoms with E-state index in [-0.39, 0.29) is 10.6 Å². The number of aryl methyl sites for hydroxylation is 2. The molecule has 0 bridgehead atoms. The van der Waals surface area contributed by atoms with Gasteiger partial charge in [0, 0.05) is 10.6 Å². The summed E-state index contributed by atoms with van der Waals surface area (Å²) in [6, 6.07) is 7.12. The van der Waals surface area contributed by atoms with Crippen molar-refractivity contribution in [2.24, 2.45) is 0 Å². The van der Waals surface area contributed by atoms with Crippen molar-refractivity contribution < 1.29 is 22.8 Å². The van der Waals surface area contributed by atoms with Gasteiger partial charge in [-0.25, -0.2) is 0 Å². The lowest BCUT2D eigenvalue weighted by molar-refractivity contribution is -0.167. The van der Waals surface area contributed by atoms with Crippen LogP contribution in [-0.2, 0) is 17.6 Å². The average Bonchev–Trinajstić information content (AvgIpc) is 2.91. The molecule has 0 atom stereocenters. The van der Waals surface area contributed by atoms with E-state index in [9.17, 15) is 22.8 Å². The van der Waals surface area contributed by atoms with Gasteiger partial charge < -0.3 is 10.6 Å². The Kier molecular flexibility index (Phi) is 5.04. The zero-order valence-corrected chi connectivity index (χ0v) is 14.8. The molecule has 0 radical (unpaired) electrons. The topological polar surface area (TPSA) is 58.2 Å². The van der Waals surface area contributed by atoms with E-state index >= 15 is 0 Å². The molecule has 0 unspecified atom stereocenters. The standard InChI is InChI=1S/C18H17F3N2O2S/c1-10-5-4-6-11(9-10)22-15(24)14-12-7-2-3-8-13(12)26-16(14)23-17(25)18(19,20)21/h4-6,9H,2-3,7-8H2,1H3,(H,22,24)(H,23,25). The van der Waals surface area contributed by atoms with Crippen LogP contribution in [0.3, 0.4) is 0 Å². The Balaban J connectivity index is 1.94. The highest BCUT2D eigenvalue weighted by atomic mass is 32.1. The van der Waals surface area contributed by atoms with Gasteiger partial charge in [-0.3, -0.25) is 9.59 Å². The van der Waals surface area contributed by atoms with Gasteiger partial charge in [0.05, 0.1) is 5.56 Å². The number of alkyl halides is 3. The molecule has 1 aliphatic rings. The second kappa shape index (κ2) is 7.11. The van der Waals surface area contributed by atoms with Gasteiger partial charge in [0.2, 0.25) is 0 Å². The average molecular weight is 382 g/mol. The molecule has 4 nitrogen and oxygen atoms in total. The zero-order valence-electron chi connectivity index (χ0n) is 14.0. The summed E-state index contributed by atoms with van der Waals surface area (Å²) in [4.78, 5) is 25.0. The van der Waals surface area contributed by atoms with Crippen molar-refractivity contribution in [3.63, 3.8) is 0 Å². The van der Waals surface area contributed by atoms with Gasteiger partial charge in [-0.2, -0.15) is 13.2 Å². The molecule has 138 valence electrons. The largest absolute Gasteiger partial charge is 0.471 e. The number of amides is 2. The van der Waals surface area contributed by atoms with Gasteiger partial charge in [-0.1, -0.05) is 12.1 Å². The molecule has 0 fully saturated rings. The van der Waals surface area contributed by atoms with Crippen LogP contribution < -0.4 is 10.6 Å². The van der Waals surface area contributed by atoms with E-state index in [0.29, 0.717) is 18.5 Å². The van der Waals surface area contributed by atoms with Crippen LogP contribution >= 0.6 is 11.3 Å². The lowest BCUT2D eigenvalue weighted by atomic mass is 9.95. The molecule has 2 N–H and O–H groups in total. The summed E-state index contributed by atoms with van der Waals surface area (Å²) in [5, 5.41) is 4.56. The maximum atomic E-state index is 12.8. The molecule has 1 aliphatic carbocycles. The summed E-state index contributed by atoms with van der Waals surface area (Å²) in [5.74, 6) is -2.58. The smallest absolute Gasteiger partial charge is 0.322 e. The minimum absolute atomic E-state index is 0.0376. The van der Waals surface area contributed by atoms with E-state index in [1.165, 1.54) is 0 Å². The van der Waals surface area contributed by atoms with Gasteiger partial charge in [-0.15, -0.1) is 11.3 Å². The number of carbonyl (C=O) groups excluding carboxylic acids is 2. The Morgan fingerprint density at radius 3 is 2.54 bits per heavy atom. The highest BCUT2D eigenvalue weighted by Crippen LogP contribution is 2.39. The Morgan fingerprint density at radius 1 is 1.12 bits per heavy atom. The molecule has 2 aromatic rings. The van der Waals surface area contributed by atoms with Crippen LogP contribution in [0.25, 0.3) is 0 Å². The minimum atomic E-state index is -5.01. The van der Waals surface area contributed by atoms with Gasteiger partial charge >= 0.3 is 12.1 Å². The Labute approximate surface area is 152 Å². The minimum Gasteiger partial charge on any atom is -0.322 e. The van der Waals surface area contributed by atoms with E-state index in [4.69, 9.17) is 0 Å². The lowest BCUT2D eigenvalue weighted by Crippen LogP contribution is -2.30. The summed E-state index contributed by atoms with van der Waals surface area (Å²) < 4.78 is 37.9. The number of hydrogen-bond donors (Lipinski definition) is 2. The highest BCUT2D eigenvalue weighted by Gasteiger charge is 2.40. The van der Waals surface area contributed by atoms with Crippen LogP contribution in [-0.4, -0.2) is 18.0 Å². The predicted octanol–water partition coefficient (Wildman–Crippen LogP) is 4.69. The summed E-state index contributed by atoms with van der Waals surface area (Å²) in [6.07, 6.45) is -1.91. The van der Waals surface area contributed by atoms with Gasteiger partial charge in [0.25, 0.3) is 5.91 Å². The van der Waals surface area contributed by atoms with Crippen LogP contribution in [0.15, 0.2) is 24.3 Å². The third kappa shape index (κ3) is 3.90. The molecule has 1 aromatic carbocycles. The second-order valence-electron chi connectivity index (χ2n) is 6.19. The first-order chi connectivity index (χ1) is 12.3. The van der Waals surface area contributed by atoms with Crippen LogP contribution in [0.5, 0.6) is 0 Å². The molecule has 2 amide bonds. The SMILES string of the molecule is Cc1cccc(NC(=O)c2c(NC(=O)C(F)(F)F)sc3c2CCCC3)c1. The van der Waals surface area contributed by atoms with Gasteiger partial charge in [0.15, 0.2) is 0 Å². The summed E-state index contributed by atoms with van der Waals surface area (Å²) >= 11 is 1.06. The fraction of sp³-hybridized carbons (Fsp3) is 0.333. The van der Waals surface area contributed by atoms with E-state index in [1.807, 2.05) is 18.3 Å². The van der Waals surface area contributed by atoms with Crippen molar-refractivity contribution in [3.8, 4) is 0 Å². The first-order valence-electron chi connectivity index (χ1n) is 8.16. The fourth-order valence-corrected chi connectivity index (χ4v) is 4.27. The molecule has 1 heterocycles. The Morgan fingerprint density at radius 2 is 1.85 bits per heavy atom. The van der Waals surface area contributed by atoms with Crippen molar-refractivity contribution in [1.29, 1.82) is 0 Å². The first-order valence-corrected chi connectivity index (χ1v) is 8.98. The number of fused-ring (bicyclic) bond motifs is 1. The molecule has 0 saturated heterocycles. The normalized spacial score (nSPS) is 13.8. The summed E-state index contributed by atoms with van der Waals surface area (Å²) in [7, 11) is 0. The second-order valence-corrected chi connectivity index (χ2v) is 7.30. The number of nitrogens with one attached hydrogen (secondary N) is 2. The number of carbonyl (C=O) groups is 2. The van der Waals surface area contributed by atoms with Crippen molar-refractivity contribution >= 4 is 33.8 Å². The predicted molar refractivity (Wildman–Crippen MR) is 94.8 cm³/mol. The molecule has 1 aromatic heterocycles. The molecule has 0 saturated carbocycles. The van der Waals surface area contributed by atoms with Gasteiger partial charge in [0.1, 0.15) is 5.00 Å². The number of halogens is 3. The highest BCUT2D eigenvalue weighted by molar-refractivity contribution is 7.17. The fourth-order valence-electron chi connectivity index (χ4n) is 2.98. The number of rotatable bonds is 3. The molecular weight excluding hydrogens is 365 g/mol. The Bertz CT molecular complexity index is 859. The number of benzene rings is 1. The monoisotopic (exact) mass is 382 g/mol. The first kappa shape index (κ1) is 18.4. The maximum absolute atomic E-state index is 12.8. The van der Waals surface area contributed by atoms with E-state index in [1.54, 1.807) is 18.2 Å². The molecule has 26 heavy (non-hydrogen) atoms. The van der Waals surface area contributed by atoms with Crippen LogP contribution in [0.2, 0.25) is 0 Å². The number of hydrogen-bond acceptors (Lipinski definition) is 3. The van der Waals surface area contributed by atoms with Crippen molar-refractivity contribution in [2.45, 2.75) is 38.8 Å². The lowest BCUT2D eigenvalue weighted by Gasteiger charge is -2.14. The summed E-state index contributed by atoms with van der Waals surface area (Å²) in [5.41, 5.74) is 2.38. The van der Waals surface area contributed by atoms with E-state index in [0.717, 1.165) is 40.2 Å². The van der Waals surface area contributed by atoms with Crippen LogP contribution in [0.4, 0.5) is 23.9 Å².